The Kier molecular flexibility index (Phi) is 5.59. The van der Waals surface area contributed by atoms with E-state index in [0.717, 1.165) is 5.56 Å². The van der Waals surface area contributed by atoms with Crippen molar-refractivity contribution in [2.45, 2.75) is 32.4 Å². The molecule has 0 heterocycles. The summed E-state index contributed by atoms with van der Waals surface area (Å²) in [5, 5.41) is 3.22. The van der Waals surface area contributed by atoms with E-state index in [-0.39, 0.29) is 18.0 Å². The molecule has 0 aliphatic heterocycles. The van der Waals surface area contributed by atoms with Crippen LogP contribution in [0, 0.1) is 11.7 Å². The van der Waals surface area contributed by atoms with Gasteiger partial charge in [-0.25, -0.2) is 4.39 Å². The van der Waals surface area contributed by atoms with Gasteiger partial charge in [0.2, 0.25) is 0 Å². The van der Waals surface area contributed by atoms with Gasteiger partial charge in [-0.1, -0.05) is 32.0 Å². The Balaban J connectivity index is 2.79. The second-order valence-electron chi connectivity index (χ2n) is 4.64. The summed E-state index contributed by atoms with van der Waals surface area (Å²) >= 11 is 0. The molecule has 1 N–H and O–H groups in total. The van der Waals surface area contributed by atoms with Gasteiger partial charge in [0.05, 0.1) is 6.10 Å². The highest BCUT2D eigenvalue weighted by molar-refractivity contribution is 5.18. The molecule has 17 heavy (non-hydrogen) atoms. The quantitative estimate of drug-likeness (QED) is 0.824. The van der Waals surface area contributed by atoms with E-state index < -0.39 is 0 Å². The molecule has 0 aliphatic rings. The molecule has 1 aromatic carbocycles. The first kappa shape index (κ1) is 14.1. The molecule has 2 atom stereocenters. The molecule has 0 radical (unpaired) electrons. The first-order valence-corrected chi connectivity index (χ1v) is 6.03. The smallest absolute Gasteiger partial charge is 0.126 e. The van der Waals surface area contributed by atoms with Gasteiger partial charge in [0.25, 0.3) is 0 Å². The Bertz CT molecular complexity index is 341. The summed E-state index contributed by atoms with van der Waals surface area (Å²) in [7, 11) is 3.59. The van der Waals surface area contributed by atoms with Gasteiger partial charge in [-0.2, -0.15) is 0 Å². The SMILES string of the molecule is CNC(Cc1ccccc1F)C(OC)C(C)C. The maximum absolute atomic E-state index is 13.6. The number of halogens is 1. The molecule has 96 valence electrons. The van der Waals surface area contributed by atoms with Crippen molar-refractivity contribution in [2.75, 3.05) is 14.2 Å². The van der Waals surface area contributed by atoms with Crippen LogP contribution >= 0.6 is 0 Å². The van der Waals surface area contributed by atoms with Crippen LogP contribution in [0.4, 0.5) is 4.39 Å². The lowest BCUT2D eigenvalue weighted by molar-refractivity contribution is 0.0352. The Morgan fingerprint density at radius 1 is 1.29 bits per heavy atom. The summed E-state index contributed by atoms with van der Waals surface area (Å²) in [4.78, 5) is 0. The Morgan fingerprint density at radius 2 is 1.94 bits per heavy atom. The molecule has 3 heteroatoms. The van der Waals surface area contributed by atoms with Crippen molar-refractivity contribution in [1.82, 2.24) is 5.32 Å². The Hall–Kier alpha value is -0.930. The van der Waals surface area contributed by atoms with Crippen molar-refractivity contribution in [3.8, 4) is 0 Å². The summed E-state index contributed by atoms with van der Waals surface area (Å²) in [6, 6.07) is 7.02. The fourth-order valence-corrected chi connectivity index (χ4v) is 2.18. The molecule has 0 aliphatic carbocycles. The van der Waals surface area contributed by atoms with Gasteiger partial charge >= 0.3 is 0 Å². The van der Waals surface area contributed by atoms with Crippen LogP contribution in [0.3, 0.4) is 0 Å². The van der Waals surface area contributed by atoms with Gasteiger partial charge < -0.3 is 10.1 Å². The molecule has 0 spiro atoms. The van der Waals surface area contributed by atoms with Crippen LogP contribution < -0.4 is 5.32 Å². The predicted octanol–water partition coefficient (Wildman–Crippen LogP) is 2.63. The number of ether oxygens (including phenoxy) is 1. The van der Waals surface area contributed by atoms with E-state index in [4.69, 9.17) is 4.74 Å². The number of methoxy groups -OCH3 is 1. The molecule has 2 nitrogen and oxygen atoms in total. The lowest BCUT2D eigenvalue weighted by atomic mass is 9.94. The average molecular weight is 239 g/mol. The van der Waals surface area contributed by atoms with Gasteiger partial charge in [-0.3, -0.25) is 0 Å². The molecular weight excluding hydrogens is 217 g/mol. The van der Waals surface area contributed by atoms with E-state index in [1.165, 1.54) is 6.07 Å². The first-order chi connectivity index (χ1) is 8.10. The van der Waals surface area contributed by atoms with E-state index in [0.29, 0.717) is 12.3 Å². The lowest BCUT2D eigenvalue weighted by Gasteiger charge is -2.29. The largest absolute Gasteiger partial charge is 0.380 e. The van der Waals surface area contributed by atoms with Gasteiger partial charge in [-0.15, -0.1) is 0 Å². The summed E-state index contributed by atoms with van der Waals surface area (Å²) in [6.07, 6.45) is 0.722. The normalized spacial score (nSPS) is 14.9. The standard InChI is InChI=1S/C14H22FNO/c1-10(2)14(17-4)13(16-3)9-11-7-5-6-8-12(11)15/h5-8,10,13-14,16H,9H2,1-4H3. The second-order valence-corrected chi connectivity index (χ2v) is 4.64. The number of hydrogen-bond donors (Lipinski definition) is 1. The van der Waals surface area contributed by atoms with Crippen molar-refractivity contribution < 1.29 is 9.13 Å². The van der Waals surface area contributed by atoms with Crippen molar-refractivity contribution in [1.29, 1.82) is 0 Å². The predicted molar refractivity (Wildman–Crippen MR) is 68.6 cm³/mol. The third kappa shape index (κ3) is 3.79. The summed E-state index contributed by atoms with van der Waals surface area (Å²) < 4.78 is 19.1. The number of benzene rings is 1. The zero-order chi connectivity index (χ0) is 12.8. The van der Waals surface area contributed by atoms with E-state index in [1.807, 2.05) is 19.2 Å². The maximum Gasteiger partial charge on any atom is 0.126 e. The van der Waals surface area contributed by atoms with E-state index in [9.17, 15) is 4.39 Å². The second kappa shape index (κ2) is 6.72. The average Bonchev–Trinajstić information content (AvgIpc) is 2.30. The van der Waals surface area contributed by atoms with Crippen molar-refractivity contribution in [2.24, 2.45) is 5.92 Å². The molecular formula is C14H22FNO. The molecule has 1 aromatic rings. The van der Waals surface area contributed by atoms with Crippen LogP contribution in [-0.4, -0.2) is 26.3 Å². The fraction of sp³-hybridized carbons (Fsp3) is 0.571. The highest BCUT2D eigenvalue weighted by Crippen LogP contribution is 2.16. The number of rotatable bonds is 6. The molecule has 0 saturated carbocycles. The van der Waals surface area contributed by atoms with Gasteiger partial charge in [0, 0.05) is 13.2 Å². The highest BCUT2D eigenvalue weighted by atomic mass is 19.1. The molecule has 0 amide bonds. The van der Waals surface area contributed by atoms with Crippen LogP contribution in [0.5, 0.6) is 0 Å². The molecule has 0 fully saturated rings. The molecule has 1 rings (SSSR count). The van der Waals surface area contributed by atoms with Gasteiger partial charge in [-0.05, 0) is 31.0 Å². The highest BCUT2D eigenvalue weighted by Gasteiger charge is 2.23. The van der Waals surface area contributed by atoms with Gasteiger partial charge in [0.1, 0.15) is 5.82 Å². The zero-order valence-electron chi connectivity index (χ0n) is 11.0. The number of likely N-dealkylation sites (N-methyl/N-ethyl adjacent to an activating group) is 1. The van der Waals surface area contributed by atoms with Crippen LogP contribution in [0.1, 0.15) is 19.4 Å². The third-order valence-electron chi connectivity index (χ3n) is 3.09. The molecule has 0 bridgehead atoms. The van der Waals surface area contributed by atoms with Crippen LogP contribution in [0.15, 0.2) is 24.3 Å². The number of nitrogens with one attached hydrogen (secondary N) is 1. The molecule has 2 unspecified atom stereocenters. The Morgan fingerprint density at radius 3 is 2.41 bits per heavy atom. The number of hydrogen-bond acceptors (Lipinski definition) is 2. The van der Waals surface area contributed by atoms with E-state index >= 15 is 0 Å². The van der Waals surface area contributed by atoms with Crippen molar-refractivity contribution in [3.05, 3.63) is 35.6 Å². The van der Waals surface area contributed by atoms with E-state index in [1.54, 1.807) is 13.2 Å². The van der Waals surface area contributed by atoms with Crippen LogP contribution in [0.25, 0.3) is 0 Å². The minimum atomic E-state index is -0.147. The summed E-state index contributed by atoms with van der Waals surface area (Å²) in [6.45, 7) is 4.22. The summed E-state index contributed by atoms with van der Waals surface area (Å²) in [5.74, 6) is 0.246. The minimum Gasteiger partial charge on any atom is -0.380 e. The Labute approximate surface area is 103 Å². The maximum atomic E-state index is 13.6. The molecule has 0 aromatic heterocycles. The molecule has 0 saturated heterocycles. The van der Waals surface area contributed by atoms with Crippen LogP contribution in [0.2, 0.25) is 0 Å². The monoisotopic (exact) mass is 239 g/mol. The summed E-state index contributed by atoms with van der Waals surface area (Å²) in [5.41, 5.74) is 0.731. The topological polar surface area (TPSA) is 21.3 Å². The van der Waals surface area contributed by atoms with Crippen LogP contribution in [-0.2, 0) is 11.2 Å². The minimum absolute atomic E-state index is 0.0830. The lowest BCUT2D eigenvalue weighted by Crippen LogP contribution is -2.43. The third-order valence-corrected chi connectivity index (χ3v) is 3.09. The van der Waals surface area contributed by atoms with Crippen molar-refractivity contribution >= 4 is 0 Å². The van der Waals surface area contributed by atoms with Crippen molar-refractivity contribution in [3.63, 3.8) is 0 Å². The van der Waals surface area contributed by atoms with Gasteiger partial charge in [0.15, 0.2) is 0 Å². The first-order valence-electron chi connectivity index (χ1n) is 6.03. The zero-order valence-corrected chi connectivity index (χ0v) is 11.0. The fourth-order valence-electron chi connectivity index (χ4n) is 2.18. The van der Waals surface area contributed by atoms with E-state index in [2.05, 4.69) is 19.2 Å².